The van der Waals surface area contributed by atoms with Gasteiger partial charge in [-0.3, -0.25) is 9.59 Å². The number of benzene rings is 2. The average molecular weight is 607 g/mol. The number of nitrogens with zero attached hydrogens (tertiary/aromatic N) is 3. The Hall–Kier alpha value is -4.88. The van der Waals surface area contributed by atoms with Crippen molar-refractivity contribution >= 4 is 34.4 Å². The minimum Gasteiger partial charge on any atom is -0.495 e. The van der Waals surface area contributed by atoms with Gasteiger partial charge in [-0.1, -0.05) is 18.6 Å². The molecule has 6 rings (SSSR count). The molecule has 1 saturated heterocycles. The van der Waals surface area contributed by atoms with E-state index in [2.05, 4.69) is 36.4 Å². The number of rotatable bonds is 12. The van der Waals surface area contributed by atoms with Gasteiger partial charge in [0.15, 0.2) is 5.78 Å². The van der Waals surface area contributed by atoms with Crippen molar-refractivity contribution in [2.45, 2.75) is 57.4 Å². The number of aromatic amines is 1. The summed E-state index contributed by atoms with van der Waals surface area (Å²) in [6, 6.07) is 12.9. The molecular formula is C35H38N6O4. The number of hydrogen-bond acceptors (Lipinski definition) is 8. The Morgan fingerprint density at radius 1 is 1.09 bits per heavy atom. The molecule has 1 aliphatic heterocycles. The third-order valence-corrected chi connectivity index (χ3v) is 8.53. The number of methoxy groups -OCH3 is 1. The number of aromatic nitrogens is 3. The second-order valence-corrected chi connectivity index (χ2v) is 11.6. The number of nitrogens with one attached hydrogen (secondary N) is 3. The van der Waals surface area contributed by atoms with Crippen LogP contribution in [0.4, 0.5) is 11.6 Å². The smallest absolute Gasteiger partial charge is 0.251 e. The fraction of sp³-hybridized carbons (Fsp3) is 0.371. The molecule has 3 heterocycles. The van der Waals surface area contributed by atoms with Crippen molar-refractivity contribution in [2.75, 3.05) is 32.1 Å². The number of unbranched alkanes of at least 4 members (excludes halogenated alkanes) is 3. The number of hydrogen-bond donors (Lipinski definition) is 3. The number of H-pyrrole nitrogens is 1. The van der Waals surface area contributed by atoms with Crippen LogP contribution in [0.3, 0.4) is 0 Å². The van der Waals surface area contributed by atoms with Crippen LogP contribution in [0, 0.1) is 12.3 Å². The van der Waals surface area contributed by atoms with Crippen molar-refractivity contribution in [3.63, 3.8) is 0 Å². The van der Waals surface area contributed by atoms with Gasteiger partial charge in [-0.2, -0.15) is 9.97 Å². The zero-order chi connectivity index (χ0) is 31.2. The Balaban J connectivity index is 1.11. The second kappa shape index (κ2) is 13.8. The van der Waals surface area contributed by atoms with Gasteiger partial charge in [0.2, 0.25) is 11.8 Å². The number of piperidine rings is 1. The number of amides is 1. The van der Waals surface area contributed by atoms with Crippen LogP contribution in [-0.4, -0.2) is 64.3 Å². The summed E-state index contributed by atoms with van der Waals surface area (Å²) < 4.78 is 11.9. The molecule has 0 spiro atoms. The minimum atomic E-state index is -0.128. The first-order valence-electron chi connectivity index (χ1n) is 15.6. The number of likely N-dealkylation sites (tertiary alicyclic amines) is 1. The van der Waals surface area contributed by atoms with E-state index < -0.39 is 0 Å². The largest absolute Gasteiger partial charge is 0.495 e. The molecule has 0 atom stereocenters. The molecule has 1 fully saturated rings. The van der Waals surface area contributed by atoms with Gasteiger partial charge in [0.25, 0.3) is 5.91 Å². The average Bonchev–Trinajstić information content (AvgIpc) is 3.69. The van der Waals surface area contributed by atoms with Crippen molar-refractivity contribution in [1.82, 2.24) is 25.2 Å². The van der Waals surface area contributed by atoms with Crippen LogP contribution < -0.4 is 20.1 Å². The van der Waals surface area contributed by atoms with E-state index in [0.717, 1.165) is 63.7 Å². The molecule has 0 unspecified atom stereocenters. The maximum atomic E-state index is 13.2. The monoisotopic (exact) mass is 606 g/mol. The zero-order valence-electron chi connectivity index (χ0n) is 25.5. The van der Waals surface area contributed by atoms with Gasteiger partial charge in [0.05, 0.1) is 23.7 Å². The molecule has 0 radical (unpaired) electrons. The molecule has 2 aromatic carbocycles. The molecule has 10 nitrogen and oxygen atoms in total. The van der Waals surface area contributed by atoms with E-state index in [1.165, 1.54) is 0 Å². The maximum Gasteiger partial charge on any atom is 0.251 e. The summed E-state index contributed by atoms with van der Waals surface area (Å²) in [6.45, 7) is 3.04. The lowest BCUT2D eigenvalue weighted by Crippen LogP contribution is -2.44. The van der Waals surface area contributed by atoms with Crippen LogP contribution in [0.5, 0.6) is 17.4 Å². The van der Waals surface area contributed by atoms with Crippen LogP contribution in [0.1, 0.15) is 71.2 Å². The fourth-order valence-electron chi connectivity index (χ4n) is 6.08. The first kappa shape index (κ1) is 30.2. The Morgan fingerprint density at radius 2 is 1.96 bits per heavy atom. The number of ketones is 1. The van der Waals surface area contributed by atoms with Gasteiger partial charge in [0.1, 0.15) is 17.1 Å². The Bertz CT molecular complexity index is 1730. The van der Waals surface area contributed by atoms with Crippen molar-refractivity contribution in [1.29, 1.82) is 0 Å². The normalized spacial score (nSPS) is 15.1. The summed E-state index contributed by atoms with van der Waals surface area (Å²) in [7, 11) is 1.56. The molecule has 45 heavy (non-hydrogen) atoms. The number of terminal acetylenes is 1. The summed E-state index contributed by atoms with van der Waals surface area (Å²) in [5.74, 6) is 4.20. The summed E-state index contributed by atoms with van der Waals surface area (Å²) >= 11 is 0. The van der Waals surface area contributed by atoms with Crippen LogP contribution in [-0.2, 0) is 6.42 Å². The molecular weight excluding hydrogens is 568 g/mol. The van der Waals surface area contributed by atoms with Crippen molar-refractivity contribution in [3.05, 3.63) is 65.4 Å². The summed E-state index contributed by atoms with van der Waals surface area (Å²) in [5, 5.41) is 7.10. The molecule has 232 valence electrons. The van der Waals surface area contributed by atoms with E-state index in [4.69, 9.17) is 15.9 Å². The number of ether oxygens (including phenoxy) is 2. The van der Waals surface area contributed by atoms with Crippen molar-refractivity contribution < 1.29 is 19.1 Å². The molecule has 2 aromatic heterocycles. The molecule has 0 bridgehead atoms. The highest BCUT2D eigenvalue weighted by Gasteiger charge is 2.25. The number of aryl methyl sites for hydroxylation is 1. The summed E-state index contributed by atoms with van der Waals surface area (Å²) in [5.41, 5.74) is 3.28. The third kappa shape index (κ3) is 6.94. The van der Waals surface area contributed by atoms with Gasteiger partial charge in [-0.15, -0.1) is 12.3 Å². The summed E-state index contributed by atoms with van der Waals surface area (Å²) in [4.78, 5) is 40.5. The van der Waals surface area contributed by atoms with E-state index in [1.807, 2.05) is 18.2 Å². The minimum absolute atomic E-state index is 0.0699. The first-order chi connectivity index (χ1) is 22.0. The van der Waals surface area contributed by atoms with Gasteiger partial charge < -0.3 is 30.0 Å². The topological polar surface area (TPSA) is 121 Å². The lowest BCUT2D eigenvalue weighted by Gasteiger charge is -2.32. The van der Waals surface area contributed by atoms with Gasteiger partial charge in [-0.05, 0) is 74.5 Å². The van der Waals surface area contributed by atoms with Gasteiger partial charge >= 0.3 is 0 Å². The SMILES string of the molecule is C#CCCCCCN1CCC(NC(=O)c2ccc(Nc3nc(Oc4cccc5c4C(=O)CC5)c4cc[nH]c4n3)c(OC)c2)CC1. The molecule has 1 amide bonds. The highest BCUT2D eigenvalue weighted by molar-refractivity contribution is 6.03. The molecule has 0 saturated carbocycles. The highest BCUT2D eigenvalue weighted by atomic mass is 16.5. The number of anilines is 2. The fourth-order valence-corrected chi connectivity index (χ4v) is 6.08. The van der Waals surface area contributed by atoms with E-state index >= 15 is 0 Å². The standard InChI is InChI=1S/C35H38N6O4/c1-3-4-5-6-7-19-41-20-16-25(17-21-41)37-33(43)24-11-13-27(30(22-24)44-2)38-35-39-32-26(15-18-36-32)34(40-35)45-29-10-8-9-23-12-14-28(42)31(23)29/h1,8-11,13,15,18,22,25H,4-7,12,14,16-17,19-21H2,2H3,(H,37,43)(H2,36,38,39,40). The molecule has 3 N–H and O–H groups in total. The molecule has 1 aliphatic carbocycles. The highest BCUT2D eigenvalue weighted by Crippen LogP contribution is 2.36. The van der Waals surface area contributed by atoms with E-state index in [9.17, 15) is 9.59 Å². The predicted molar refractivity (Wildman–Crippen MR) is 174 cm³/mol. The maximum absolute atomic E-state index is 13.2. The molecule has 2 aliphatic rings. The van der Waals surface area contributed by atoms with Crippen molar-refractivity contribution in [3.8, 4) is 29.7 Å². The molecule has 4 aromatic rings. The Morgan fingerprint density at radius 3 is 2.78 bits per heavy atom. The number of carbonyl (C=O) groups is 2. The van der Waals surface area contributed by atoms with E-state index in [-0.39, 0.29) is 23.7 Å². The number of carbonyl (C=O) groups excluding carboxylic acids is 2. The first-order valence-corrected chi connectivity index (χ1v) is 15.6. The Kier molecular flexibility index (Phi) is 9.27. The lowest BCUT2D eigenvalue weighted by molar-refractivity contribution is 0.0909. The van der Waals surface area contributed by atoms with Crippen LogP contribution in [0.2, 0.25) is 0 Å². The van der Waals surface area contributed by atoms with E-state index in [1.54, 1.807) is 37.6 Å². The van der Waals surface area contributed by atoms with Crippen LogP contribution >= 0.6 is 0 Å². The van der Waals surface area contributed by atoms with E-state index in [0.29, 0.717) is 58.1 Å². The second-order valence-electron chi connectivity index (χ2n) is 11.6. The van der Waals surface area contributed by atoms with Gasteiger partial charge in [-0.25, -0.2) is 0 Å². The predicted octanol–water partition coefficient (Wildman–Crippen LogP) is 6.02. The number of Topliss-reactive ketones (excluding diaryl/α,β-unsaturated/α-hetero) is 1. The lowest BCUT2D eigenvalue weighted by atomic mass is 10.0. The zero-order valence-corrected chi connectivity index (χ0v) is 25.5. The van der Waals surface area contributed by atoms with Gasteiger partial charge in [0, 0.05) is 43.7 Å². The van der Waals surface area contributed by atoms with Crippen LogP contribution in [0.25, 0.3) is 11.0 Å². The summed E-state index contributed by atoms with van der Waals surface area (Å²) in [6.07, 6.45) is 14.4. The molecule has 10 heteroatoms. The Labute approximate surface area is 262 Å². The number of fused-ring (bicyclic) bond motifs is 2. The van der Waals surface area contributed by atoms with Crippen molar-refractivity contribution in [2.24, 2.45) is 0 Å². The third-order valence-electron chi connectivity index (χ3n) is 8.53. The quantitative estimate of drug-likeness (QED) is 0.132. The van der Waals surface area contributed by atoms with Crippen LogP contribution in [0.15, 0.2) is 48.7 Å².